The zero-order valence-electron chi connectivity index (χ0n) is 14.4. The van der Waals surface area contributed by atoms with E-state index in [0.29, 0.717) is 5.02 Å². The smallest absolute Gasteiger partial charge is 0.416 e. The van der Waals surface area contributed by atoms with Crippen molar-refractivity contribution in [2.45, 2.75) is 12.8 Å². The summed E-state index contributed by atoms with van der Waals surface area (Å²) in [7, 11) is 0. The first-order valence-electron chi connectivity index (χ1n) is 8.23. The second-order valence-corrected chi connectivity index (χ2v) is 6.35. The van der Waals surface area contributed by atoms with Gasteiger partial charge in [-0.3, -0.25) is 4.99 Å². The second kappa shape index (κ2) is 8.35. The van der Waals surface area contributed by atoms with E-state index in [1.807, 2.05) is 30.3 Å². The third-order valence-corrected chi connectivity index (χ3v) is 4.09. The van der Waals surface area contributed by atoms with E-state index < -0.39 is 11.7 Å². The average Bonchev–Trinajstić information content (AvgIpc) is 2.67. The predicted octanol–water partition coefficient (Wildman–Crippen LogP) is 6.39. The SMILES string of the molecule is Oc1ccc(Cl)cc1C=Nc1cc(C(F)(F)F)ccc1OCc1ccccc1. The number of phenolic OH excluding ortho intramolecular Hbond substituents is 1. The summed E-state index contributed by atoms with van der Waals surface area (Å²) in [6.07, 6.45) is -3.27. The summed E-state index contributed by atoms with van der Waals surface area (Å²) in [5, 5.41) is 10.2. The molecule has 0 amide bonds. The van der Waals surface area contributed by atoms with Crippen LogP contribution in [0.1, 0.15) is 16.7 Å². The van der Waals surface area contributed by atoms with Crippen LogP contribution in [0.2, 0.25) is 5.02 Å². The van der Waals surface area contributed by atoms with Crippen molar-refractivity contribution in [2.75, 3.05) is 0 Å². The summed E-state index contributed by atoms with van der Waals surface area (Å²) < 4.78 is 44.9. The molecular formula is C21H15ClF3NO2. The summed E-state index contributed by atoms with van der Waals surface area (Å²) in [6.45, 7) is 0.178. The fourth-order valence-corrected chi connectivity index (χ4v) is 2.60. The quantitative estimate of drug-likeness (QED) is 0.499. The molecule has 0 fully saturated rings. The number of hydrogen-bond donors (Lipinski definition) is 1. The molecule has 7 heteroatoms. The molecule has 0 spiro atoms. The molecule has 0 aromatic heterocycles. The van der Waals surface area contributed by atoms with Gasteiger partial charge in [0.05, 0.1) is 5.56 Å². The van der Waals surface area contributed by atoms with E-state index in [9.17, 15) is 18.3 Å². The Hall–Kier alpha value is -2.99. The molecule has 3 aromatic carbocycles. The summed E-state index contributed by atoms with van der Waals surface area (Å²) in [5.41, 5.74) is 0.288. The van der Waals surface area contributed by atoms with Gasteiger partial charge in [-0.1, -0.05) is 41.9 Å². The average molecular weight is 406 g/mol. The number of rotatable bonds is 5. The number of phenols is 1. The van der Waals surface area contributed by atoms with Gasteiger partial charge in [-0.05, 0) is 42.0 Å². The molecule has 0 bridgehead atoms. The molecule has 3 aromatic rings. The van der Waals surface area contributed by atoms with Crippen LogP contribution in [0, 0.1) is 0 Å². The highest BCUT2D eigenvalue weighted by atomic mass is 35.5. The summed E-state index contributed by atoms with van der Waals surface area (Å²) >= 11 is 5.89. The Morgan fingerprint density at radius 3 is 2.46 bits per heavy atom. The molecular weight excluding hydrogens is 391 g/mol. The van der Waals surface area contributed by atoms with Crippen molar-refractivity contribution in [2.24, 2.45) is 4.99 Å². The highest BCUT2D eigenvalue weighted by Crippen LogP contribution is 2.37. The normalized spacial score (nSPS) is 11.7. The Morgan fingerprint density at radius 2 is 1.75 bits per heavy atom. The van der Waals surface area contributed by atoms with Crippen LogP contribution >= 0.6 is 11.6 Å². The molecule has 0 saturated carbocycles. The highest BCUT2D eigenvalue weighted by Gasteiger charge is 2.31. The van der Waals surface area contributed by atoms with Crippen molar-refractivity contribution >= 4 is 23.5 Å². The standard InChI is InChI=1S/C21H15ClF3NO2/c22-17-7-8-19(27)15(10-17)12-26-18-11-16(21(23,24)25)6-9-20(18)28-13-14-4-2-1-3-5-14/h1-12,27H,13H2. The maximum Gasteiger partial charge on any atom is 0.416 e. The molecule has 0 heterocycles. The molecule has 144 valence electrons. The maximum atomic E-state index is 13.1. The molecule has 1 N–H and O–H groups in total. The van der Waals surface area contributed by atoms with E-state index in [2.05, 4.69) is 4.99 Å². The van der Waals surface area contributed by atoms with E-state index in [1.165, 1.54) is 30.5 Å². The minimum Gasteiger partial charge on any atom is -0.507 e. The van der Waals surface area contributed by atoms with Gasteiger partial charge in [0.2, 0.25) is 0 Å². The monoisotopic (exact) mass is 405 g/mol. The Morgan fingerprint density at radius 1 is 1.00 bits per heavy atom. The van der Waals surface area contributed by atoms with Crippen LogP contribution in [-0.2, 0) is 12.8 Å². The largest absolute Gasteiger partial charge is 0.507 e. The van der Waals surface area contributed by atoms with Crippen LogP contribution in [0.25, 0.3) is 0 Å². The predicted molar refractivity (Wildman–Crippen MR) is 103 cm³/mol. The van der Waals surface area contributed by atoms with Crippen molar-refractivity contribution in [3.63, 3.8) is 0 Å². The summed E-state index contributed by atoms with van der Waals surface area (Å²) in [4.78, 5) is 4.10. The fraction of sp³-hybridized carbons (Fsp3) is 0.0952. The Bertz CT molecular complexity index is 989. The van der Waals surface area contributed by atoms with Crippen molar-refractivity contribution in [1.82, 2.24) is 0 Å². The molecule has 0 aliphatic rings. The van der Waals surface area contributed by atoms with E-state index in [0.717, 1.165) is 17.7 Å². The number of nitrogens with zero attached hydrogens (tertiary/aromatic N) is 1. The lowest BCUT2D eigenvalue weighted by molar-refractivity contribution is -0.137. The van der Waals surface area contributed by atoms with E-state index >= 15 is 0 Å². The van der Waals surface area contributed by atoms with Crippen LogP contribution in [-0.4, -0.2) is 11.3 Å². The van der Waals surface area contributed by atoms with Gasteiger partial charge in [0.25, 0.3) is 0 Å². The third kappa shape index (κ3) is 5.04. The summed E-state index contributed by atoms with van der Waals surface area (Å²) in [5.74, 6) is 0.0986. The third-order valence-electron chi connectivity index (χ3n) is 3.86. The topological polar surface area (TPSA) is 41.8 Å². The number of hydrogen-bond acceptors (Lipinski definition) is 3. The van der Waals surface area contributed by atoms with Crippen molar-refractivity contribution in [1.29, 1.82) is 0 Å². The lowest BCUT2D eigenvalue weighted by atomic mass is 10.1. The number of aromatic hydroxyl groups is 1. The van der Waals surface area contributed by atoms with Gasteiger partial charge < -0.3 is 9.84 Å². The first-order chi connectivity index (χ1) is 13.3. The number of alkyl halides is 3. The van der Waals surface area contributed by atoms with Crippen molar-refractivity contribution in [3.05, 3.63) is 88.4 Å². The first kappa shape index (κ1) is 19.8. The van der Waals surface area contributed by atoms with Crippen molar-refractivity contribution in [3.8, 4) is 11.5 Å². The minimum atomic E-state index is -4.51. The minimum absolute atomic E-state index is 0.00914. The molecule has 3 rings (SSSR count). The fourth-order valence-electron chi connectivity index (χ4n) is 2.42. The van der Waals surface area contributed by atoms with Crippen LogP contribution in [0.5, 0.6) is 11.5 Å². The van der Waals surface area contributed by atoms with Gasteiger partial charge in [0.1, 0.15) is 23.8 Å². The number of aliphatic imine (C=N–C) groups is 1. The zero-order valence-corrected chi connectivity index (χ0v) is 15.2. The van der Waals surface area contributed by atoms with Crippen LogP contribution in [0.3, 0.4) is 0 Å². The molecule has 0 unspecified atom stereocenters. The Balaban J connectivity index is 1.93. The van der Waals surface area contributed by atoms with Gasteiger partial charge in [-0.2, -0.15) is 13.2 Å². The van der Waals surface area contributed by atoms with Crippen LogP contribution < -0.4 is 4.74 Å². The number of halogens is 4. The van der Waals surface area contributed by atoms with Crippen molar-refractivity contribution < 1.29 is 23.0 Å². The lowest BCUT2D eigenvalue weighted by Gasteiger charge is -2.12. The molecule has 28 heavy (non-hydrogen) atoms. The van der Waals surface area contributed by atoms with E-state index in [4.69, 9.17) is 16.3 Å². The van der Waals surface area contributed by atoms with Crippen LogP contribution in [0.15, 0.2) is 71.7 Å². The summed E-state index contributed by atoms with van der Waals surface area (Å²) in [6, 6.07) is 16.6. The van der Waals surface area contributed by atoms with Gasteiger partial charge >= 0.3 is 6.18 Å². The van der Waals surface area contributed by atoms with Gasteiger partial charge in [-0.25, -0.2) is 0 Å². The molecule has 3 nitrogen and oxygen atoms in total. The molecule has 0 radical (unpaired) electrons. The number of benzene rings is 3. The Kier molecular flexibility index (Phi) is 5.90. The Labute approximate surface area is 164 Å². The number of ether oxygens (including phenoxy) is 1. The molecule has 0 atom stereocenters. The zero-order chi connectivity index (χ0) is 20.1. The lowest BCUT2D eigenvalue weighted by Crippen LogP contribution is -2.05. The first-order valence-corrected chi connectivity index (χ1v) is 8.61. The van der Waals surface area contributed by atoms with Gasteiger partial charge in [0.15, 0.2) is 0 Å². The van der Waals surface area contributed by atoms with Gasteiger partial charge in [0, 0.05) is 16.8 Å². The van der Waals surface area contributed by atoms with E-state index in [1.54, 1.807) is 0 Å². The molecule has 0 aliphatic carbocycles. The maximum absolute atomic E-state index is 13.1. The molecule has 0 aliphatic heterocycles. The molecule has 0 saturated heterocycles. The second-order valence-electron chi connectivity index (χ2n) is 5.92. The van der Waals surface area contributed by atoms with E-state index in [-0.39, 0.29) is 29.4 Å². The highest BCUT2D eigenvalue weighted by molar-refractivity contribution is 6.30. The van der Waals surface area contributed by atoms with Gasteiger partial charge in [-0.15, -0.1) is 0 Å². The van der Waals surface area contributed by atoms with Crippen LogP contribution in [0.4, 0.5) is 18.9 Å².